The molecule has 110 valence electrons. The van der Waals surface area contributed by atoms with Crippen LogP contribution in [0, 0.1) is 34.0 Å². The average Bonchev–Trinajstić information content (AvgIpc) is 2.77. The molecule has 0 atom stereocenters. The van der Waals surface area contributed by atoms with Crippen molar-refractivity contribution >= 4 is 0 Å². The predicted molar refractivity (Wildman–Crippen MR) is 79.4 cm³/mol. The van der Waals surface area contributed by atoms with Crippen LogP contribution in [0.3, 0.4) is 0 Å². The molecule has 1 rings (SSSR count). The SMILES string of the molecule is CCCCC1(CCCC)OC(=C(C#N)C#N)C(C#N)=C1C. The maximum Gasteiger partial charge on any atom is 0.172 e. The van der Waals surface area contributed by atoms with Gasteiger partial charge in [-0.05, 0) is 38.2 Å². The van der Waals surface area contributed by atoms with Gasteiger partial charge in [-0.15, -0.1) is 0 Å². The van der Waals surface area contributed by atoms with Crippen LogP contribution in [0.2, 0.25) is 0 Å². The standard InChI is InChI=1S/C17H21N3O/c1-4-6-8-17(9-7-5-2)13(3)15(12-20)16(21-17)14(10-18)11-19/h4-9H2,1-3H3. The Labute approximate surface area is 126 Å². The highest BCUT2D eigenvalue weighted by atomic mass is 16.5. The molecule has 0 fully saturated rings. The minimum absolute atomic E-state index is 0.110. The highest BCUT2D eigenvalue weighted by Crippen LogP contribution is 2.45. The zero-order valence-electron chi connectivity index (χ0n) is 13.0. The first kappa shape index (κ1) is 16.8. The van der Waals surface area contributed by atoms with Crippen LogP contribution in [0.15, 0.2) is 22.5 Å². The molecule has 21 heavy (non-hydrogen) atoms. The van der Waals surface area contributed by atoms with E-state index in [0.717, 1.165) is 44.1 Å². The number of unbranched alkanes of at least 4 members (excludes halogenated alkanes) is 2. The second kappa shape index (κ2) is 7.51. The second-order valence-corrected chi connectivity index (χ2v) is 5.34. The summed E-state index contributed by atoms with van der Waals surface area (Å²) in [5.41, 5.74) is 0.594. The van der Waals surface area contributed by atoms with Gasteiger partial charge in [-0.1, -0.05) is 26.7 Å². The Kier molecular flexibility index (Phi) is 6.01. The van der Waals surface area contributed by atoms with Gasteiger partial charge in [0.1, 0.15) is 23.8 Å². The maximum atomic E-state index is 9.39. The van der Waals surface area contributed by atoms with Crippen molar-refractivity contribution in [3.63, 3.8) is 0 Å². The van der Waals surface area contributed by atoms with Gasteiger partial charge in [0.2, 0.25) is 0 Å². The molecule has 1 aliphatic heterocycles. The summed E-state index contributed by atoms with van der Waals surface area (Å²) in [4.78, 5) is 0. The molecule has 0 saturated carbocycles. The first-order chi connectivity index (χ1) is 10.1. The van der Waals surface area contributed by atoms with E-state index < -0.39 is 5.60 Å². The van der Waals surface area contributed by atoms with Crippen LogP contribution < -0.4 is 0 Å². The number of hydrogen-bond acceptors (Lipinski definition) is 4. The fourth-order valence-corrected chi connectivity index (χ4v) is 2.68. The topological polar surface area (TPSA) is 80.6 Å². The second-order valence-electron chi connectivity index (χ2n) is 5.34. The Balaban J connectivity index is 3.34. The molecule has 0 unspecified atom stereocenters. The van der Waals surface area contributed by atoms with Crippen molar-refractivity contribution in [3.05, 3.63) is 22.5 Å². The molecule has 0 aromatic carbocycles. The molecule has 4 nitrogen and oxygen atoms in total. The van der Waals surface area contributed by atoms with E-state index >= 15 is 0 Å². The molecule has 0 saturated heterocycles. The van der Waals surface area contributed by atoms with Crippen molar-refractivity contribution in [2.24, 2.45) is 0 Å². The van der Waals surface area contributed by atoms with E-state index in [9.17, 15) is 5.26 Å². The van der Waals surface area contributed by atoms with E-state index in [2.05, 4.69) is 19.9 Å². The lowest BCUT2D eigenvalue weighted by molar-refractivity contribution is 0.0369. The van der Waals surface area contributed by atoms with Gasteiger partial charge >= 0.3 is 0 Å². The molecule has 0 aromatic heterocycles. The van der Waals surface area contributed by atoms with Gasteiger partial charge in [-0.2, -0.15) is 15.8 Å². The molecule has 0 spiro atoms. The van der Waals surface area contributed by atoms with E-state index in [-0.39, 0.29) is 11.3 Å². The van der Waals surface area contributed by atoms with Crippen LogP contribution in [-0.4, -0.2) is 5.60 Å². The van der Waals surface area contributed by atoms with Crippen LogP contribution in [0.25, 0.3) is 0 Å². The summed E-state index contributed by atoms with van der Waals surface area (Å²) < 4.78 is 6.05. The fraction of sp³-hybridized carbons (Fsp3) is 0.588. The van der Waals surface area contributed by atoms with E-state index in [1.165, 1.54) is 0 Å². The summed E-state index contributed by atoms with van der Waals surface area (Å²) >= 11 is 0. The lowest BCUT2D eigenvalue weighted by atomic mass is 9.84. The third kappa shape index (κ3) is 3.26. The zero-order chi connectivity index (χ0) is 15.9. The molecule has 0 N–H and O–H groups in total. The molecule has 4 heteroatoms. The van der Waals surface area contributed by atoms with Crippen molar-refractivity contribution in [1.82, 2.24) is 0 Å². The van der Waals surface area contributed by atoms with Crippen LogP contribution in [0.5, 0.6) is 0 Å². The largest absolute Gasteiger partial charge is 0.479 e. The average molecular weight is 283 g/mol. The lowest BCUT2D eigenvalue weighted by Gasteiger charge is -2.31. The molecular formula is C17H21N3O. The maximum absolute atomic E-state index is 9.39. The van der Waals surface area contributed by atoms with Gasteiger partial charge in [0.25, 0.3) is 0 Å². The Hall–Kier alpha value is -2.25. The first-order valence-corrected chi connectivity index (χ1v) is 7.45. The van der Waals surface area contributed by atoms with Gasteiger partial charge in [0, 0.05) is 0 Å². The normalized spacial score (nSPS) is 15.9. The van der Waals surface area contributed by atoms with Crippen LogP contribution in [0.1, 0.15) is 59.3 Å². The first-order valence-electron chi connectivity index (χ1n) is 7.45. The Morgan fingerprint density at radius 3 is 1.95 bits per heavy atom. The summed E-state index contributed by atoms with van der Waals surface area (Å²) in [6.07, 6.45) is 5.68. The van der Waals surface area contributed by atoms with Crippen LogP contribution in [0.4, 0.5) is 0 Å². The van der Waals surface area contributed by atoms with Crippen molar-refractivity contribution in [2.45, 2.75) is 64.9 Å². The van der Waals surface area contributed by atoms with E-state index in [1.54, 1.807) is 0 Å². The lowest BCUT2D eigenvalue weighted by Crippen LogP contribution is -2.30. The van der Waals surface area contributed by atoms with Gasteiger partial charge in [0.15, 0.2) is 11.3 Å². The summed E-state index contributed by atoms with van der Waals surface area (Å²) in [7, 11) is 0. The third-order valence-corrected chi connectivity index (χ3v) is 4.01. The predicted octanol–water partition coefficient (Wildman–Crippen LogP) is 4.28. The number of ether oxygens (including phenoxy) is 1. The number of nitriles is 3. The van der Waals surface area contributed by atoms with E-state index in [4.69, 9.17) is 15.3 Å². The van der Waals surface area contributed by atoms with Crippen molar-refractivity contribution < 1.29 is 4.74 Å². The number of hydrogen-bond donors (Lipinski definition) is 0. The highest BCUT2D eigenvalue weighted by Gasteiger charge is 2.43. The number of nitrogens with zero attached hydrogens (tertiary/aromatic N) is 3. The van der Waals surface area contributed by atoms with Gasteiger partial charge in [-0.3, -0.25) is 0 Å². The molecule has 0 bridgehead atoms. The number of allylic oxidation sites excluding steroid dienone is 2. The molecule has 0 amide bonds. The third-order valence-electron chi connectivity index (χ3n) is 4.01. The highest BCUT2D eigenvalue weighted by molar-refractivity contribution is 5.57. The van der Waals surface area contributed by atoms with Crippen LogP contribution in [-0.2, 0) is 4.74 Å². The van der Waals surface area contributed by atoms with Crippen LogP contribution >= 0.6 is 0 Å². The Bertz CT molecular complexity index is 555. The molecule has 0 radical (unpaired) electrons. The van der Waals surface area contributed by atoms with Gasteiger partial charge in [-0.25, -0.2) is 0 Å². The monoisotopic (exact) mass is 283 g/mol. The van der Waals surface area contributed by atoms with E-state index in [0.29, 0.717) is 5.57 Å². The van der Waals surface area contributed by atoms with Crippen molar-refractivity contribution in [3.8, 4) is 18.2 Å². The van der Waals surface area contributed by atoms with Gasteiger partial charge < -0.3 is 4.74 Å². The van der Waals surface area contributed by atoms with Crippen molar-refractivity contribution in [1.29, 1.82) is 15.8 Å². The Morgan fingerprint density at radius 2 is 1.57 bits per heavy atom. The molecular weight excluding hydrogens is 262 g/mol. The van der Waals surface area contributed by atoms with Crippen molar-refractivity contribution in [2.75, 3.05) is 0 Å². The minimum atomic E-state index is -0.522. The molecule has 0 aliphatic carbocycles. The number of rotatable bonds is 6. The summed E-state index contributed by atoms with van der Waals surface area (Å²) in [6.45, 7) is 6.11. The fourth-order valence-electron chi connectivity index (χ4n) is 2.68. The molecule has 1 aliphatic rings. The minimum Gasteiger partial charge on any atom is -0.479 e. The smallest absolute Gasteiger partial charge is 0.172 e. The van der Waals surface area contributed by atoms with E-state index in [1.807, 2.05) is 19.1 Å². The summed E-state index contributed by atoms with van der Waals surface area (Å²) in [5.74, 6) is 0.173. The molecule has 1 heterocycles. The summed E-state index contributed by atoms with van der Waals surface area (Å²) in [6, 6.07) is 5.79. The quantitative estimate of drug-likeness (QED) is 0.681. The Morgan fingerprint density at radius 1 is 1.05 bits per heavy atom. The van der Waals surface area contributed by atoms with Gasteiger partial charge in [0.05, 0.1) is 5.57 Å². The molecule has 0 aromatic rings. The zero-order valence-corrected chi connectivity index (χ0v) is 13.0. The summed E-state index contributed by atoms with van der Waals surface area (Å²) in [5, 5.41) is 27.5.